The minimum Gasteiger partial charge on any atom is -0.497 e. The normalized spacial score (nSPS) is 29.6. The summed E-state index contributed by atoms with van der Waals surface area (Å²) in [6.07, 6.45) is 3.85. The SMILES string of the molecule is CCC1CCN(C2Cc3ccc(OC)cc3C2NC)C1. The van der Waals surface area contributed by atoms with E-state index in [1.165, 1.54) is 43.5 Å². The minimum absolute atomic E-state index is 0.440. The van der Waals surface area contributed by atoms with Crippen LogP contribution in [0.3, 0.4) is 0 Å². The lowest BCUT2D eigenvalue weighted by atomic mass is 10.1. The van der Waals surface area contributed by atoms with Gasteiger partial charge >= 0.3 is 0 Å². The second-order valence-electron chi connectivity index (χ2n) is 6.16. The summed E-state index contributed by atoms with van der Waals surface area (Å²) in [5.74, 6) is 1.86. The molecule has 1 saturated heterocycles. The van der Waals surface area contributed by atoms with Crippen LogP contribution in [0, 0.1) is 5.92 Å². The Morgan fingerprint density at radius 3 is 2.90 bits per heavy atom. The third-order valence-electron chi connectivity index (χ3n) is 5.18. The molecule has 3 unspecified atom stereocenters. The van der Waals surface area contributed by atoms with E-state index in [2.05, 4.69) is 42.4 Å². The number of nitrogens with one attached hydrogen (secondary N) is 1. The summed E-state index contributed by atoms with van der Waals surface area (Å²) in [7, 11) is 3.83. The molecule has 1 heterocycles. The molecule has 0 amide bonds. The number of hydrogen-bond acceptors (Lipinski definition) is 3. The molecule has 1 N–H and O–H groups in total. The van der Waals surface area contributed by atoms with Crippen molar-refractivity contribution in [3.05, 3.63) is 29.3 Å². The Morgan fingerprint density at radius 1 is 1.40 bits per heavy atom. The number of methoxy groups -OCH3 is 1. The molecule has 1 aliphatic carbocycles. The first-order chi connectivity index (χ1) is 9.76. The maximum absolute atomic E-state index is 5.39. The molecule has 3 heteroatoms. The summed E-state index contributed by atoms with van der Waals surface area (Å²) in [6, 6.07) is 7.59. The molecule has 0 bridgehead atoms. The largest absolute Gasteiger partial charge is 0.497 e. The van der Waals surface area contributed by atoms with E-state index in [1.807, 2.05) is 0 Å². The third kappa shape index (κ3) is 2.33. The fraction of sp³-hybridized carbons (Fsp3) is 0.647. The molecule has 1 aromatic carbocycles. The van der Waals surface area contributed by atoms with Gasteiger partial charge in [-0.1, -0.05) is 19.4 Å². The van der Waals surface area contributed by atoms with Crippen LogP contribution in [0.25, 0.3) is 0 Å². The predicted octanol–water partition coefficient (Wildman–Crippen LogP) is 2.61. The van der Waals surface area contributed by atoms with Gasteiger partial charge in [0.15, 0.2) is 0 Å². The Hall–Kier alpha value is -1.06. The molecule has 1 aliphatic heterocycles. The lowest BCUT2D eigenvalue weighted by Crippen LogP contribution is -2.40. The fourth-order valence-corrected chi connectivity index (χ4v) is 3.91. The molecule has 110 valence electrons. The first-order valence-electron chi connectivity index (χ1n) is 7.85. The van der Waals surface area contributed by atoms with Crippen LogP contribution >= 0.6 is 0 Å². The number of ether oxygens (including phenoxy) is 1. The highest BCUT2D eigenvalue weighted by molar-refractivity contribution is 5.42. The summed E-state index contributed by atoms with van der Waals surface area (Å²) in [4.78, 5) is 2.70. The number of hydrogen-bond donors (Lipinski definition) is 1. The number of benzene rings is 1. The quantitative estimate of drug-likeness (QED) is 0.913. The van der Waals surface area contributed by atoms with E-state index in [0.29, 0.717) is 12.1 Å². The molecule has 0 saturated carbocycles. The van der Waals surface area contributed by atoms with Crippen LogP contribution in [0.2, 0.25) is 0 Å². The molecule has 20 heavy (non-hydrogen) atoms. The Morgan fingerprint density at radius 2 is 2.25 bits per heavy atom. The highest BCUT2D eigenvalue weighted by Crippen LogP contribution is 2.38. The van der Waals surface area contributed by atoms with Crippen molar-refractivity contribution in [1.29, 1.82) is 0 Å². The maximum Gasteiger partial charge on any atom is 0.119 e. The van der Waals surface area contributed by atoms with Gasteiger partial charge in [-0.2, -0.15) is 0 Å². The van der Waals surface area contributed by atoms with E-state index >= 15 is 0 Å². The molecule has 1 fully saturated rings. The van der Waals surface area contributed by atoms with Crippen molar-refractivity contribution in [2.75, 3.05) is 27.2 Å². The molecule has 0 spiro atoms. The average molecular weight is 274 g/mol. The van der Waals surface area contributed by atoms with Crippen LogP contribution in [-0.2, 0) is 6.42 Å². The van der Waals surface area contributed by atoms with Gasteiger partial charge in [0.25, 0.3) is 0 Å². The van der Waals surface area contributed by atoms with Crippen LogP contribution in [-0.4, -0.2) is 38.2 Å². The lowest BCUT2D eigenvalue weighted by molar-refractivity contribution is 0.201. The van der Waals surface area contributed by atoms with Crippen LogP contribution in [0.5, 0.6) is 5.75 Å². The minimum atomic E-state index is 0.440. The number of likely N-dealkylation sites (tertiary alicyclic amines) is 1. The van der Waals surface area contributed by atoms with Crippen molar-refractivity contribution in [3.63, 3.8) is 0 Å². The van der Waals surface area contributed by atoms with Gasteiger partial charge in [0, 0.05) is 18.6 Å². The summed E-state index contributed by atoms with van der Waals surface area (Å²) in [5.41, 5.74) is 2.91. The number of fused-ring (bicyclic) bond motifs is 1. The zero-order valence-corrected chi connectivity index (χ0v) is 12.9. The molecule has 3 atom stereocenters. The van der Waals surface area contributed by atoms with Crippen LogP contribution in [0.4, 0.5) is 0 Å². The zero-order valence-electron chi connectivity index (χ0n) is 12.9. The Labute approximate surface area is 122 Å². The van der Waals surface area contributed by atoms with Crippen molar-refractivity contribution >= 4 is 0 Å². The Bertz CT molecular complexity index is 474. The first-order valence-corrected chi connectivity index (χ1v) is 7.85. The number of nitrogens with zero attached hydrogens (tertiary/aromatic N) is 1. The van der Waals surface area contributed by atoms with E-state index in [0.717, 1.165) is 11.7 Å². The van der Waals surface area contributed by atoms with Gasteiger partial charge in [-0.25, -0.2) is 0 Å². The molecule has 0 aromatic heterocycles. The lowest BCUT2D eigenvalue weighted by Gasteiger charge is -2.29. The molecule has 3 nitrogen and oxygen atoms in total. The second kappa shape index (κ2) is 5.74. The van der Waals surface area contributed by atoms with E-state index in [4.69, 9.17) is 4.74 Å². The van der Waals surface area contributed by atoms with Gasteiger partial charge in [-0.3, -0.25) is 4.90 Å². The van der Waals surface area contributed by atoms with Crippen molar-refractivity contribution in [3.8, 4) is 5.75 Å². The Kier molecular flexibility index (Phi) is 3.99. The van der Waals surface area contributed by atoms with E-state index in [-0.39, 0.29) is 0 Å². The fourth-order valence-electron chi connectivity index (χ4n) is 3.91. The third-order valence-corrected chi connectivity index (χ3v) is 5.18. The van der Waals surface area contributed by atoms with E-state index in [1.54, 1.807) is 7.11 Å². The van der Waals surface area contributed by atoms with E-state index < -0.39 is 0 Å². The predicted molar refractivity (Wildman–Crippen MR) is 82.3 cm³/mol. The van der Waals surface area contributed by atoms with Crippen LogP contribution in [0.1, 0.15) is 36.9 Å². The summed E-state index contributed by atoms with van der Waals surface area (Å²) in [5, 5.41) is 3.53. The van der Waals surface area contributed by atoms with Crippen molar-refractivity contribution in [1.82, 2.24) is 10.2 Å². The first kappa shape index (κ1) is 13.9. The number of likely N-dealkylation sites (N-methyl/N-ethyl adjacent to an activating group) is 1. The van der Waals surface area contributed by atoms with Crippen LogP contribution < -0.4 is 10.1 Å². The summed E-state index contributed by atoms with van der Waals surface area (Å²) >= 11 is 0. The molecular weight excluding hydrogens is 248 g/mol. The Balaban J connectivity index is 1.82. The van der Waals surface area contributed by atoms with Gasteiger partial charge in [0.2, 0.25) is 0 Å². The van der Waals surface area contributed by atoms with Crippen LogP contribution in [0.15, 0.2) is 18.2 Å². The highest BCUT2D eigenvalue weighted by Gasteiger charge is 2.38. The van der Waals surface area contributed by atoms with Gasteiger partial charge in [0.05, 0.1) is 7.11 Å². The van der Waals surface area contributed by atoms with Gasteiger partial charge < -0.3 is 10.1 Å². The van der Waals surface area contributed by atoms with Crippen molar-refractivity contribution < 1.29 is 4.74 Å². The van der Waals surface area contributed by atoms with Crippen molar-refractivity contribution in [2.45, 2.75) is 38.3 Å². The molecule has 3 rings (SSSR count). The maximum atomic E-state index is 5.39. The van der Waals surface area contributed by atoms with Crippen molar-refractivity contribution in [2.24, 2.45) is 5.92 Å². The smallest absolute Gasteiger partial charge is 0.119 e. The standard InChI is InChI=1S/C17H26N2O/c1-4-12-7-8-19(11-12)16-9-13-5-6-14(20-3)10-15(13)17(16)18-2/h5-6,10,12,16-18H,4,7-9,11H2,1-3H3. The zero-order chi connectivity index (χ0) is 14.1. The summed E-state index contributed by atoms with van der Waals surface area (Å²) < 4.78 is 5.39. The van der Waals surface area contributed by atoms with Gasteiger partial charge in [0.1, 0.15) is 5.75 Å². The molecule has 2 aliphatic rings. The van der Waals surface area contributed by atoms with E-state index in [9.17, 15) is 0 Å². The second-order valence-corrected chi connectivity index (χ2v) is 6.16. The molecule has 0 radical (unpaired) electrons. The van der Waals surface area contributed by atoms with Gasteiger partial charge in [-0.15, -0.1) is 0 Å². The monoisotopic (exact) mass is 274 g/mol. The summed E-state index contributed by atoms with van der Waals surface area (Å²) in [6.45, 7) is 4.84. The highest BCUT2D eigenvalue weighted by atomic mass is 16.5. The van der Waals surface area contributed by atoms with Gasteiger partial charge in [-0.05, 0) is 55.6 Å². The molecule has 1 aromatic rings. The number of rotatable bonds is 4. The topological polar surface area (TPSA) is 24.5 Å². The average Bonchev–Trinajstić information content (AvgIpc) is 3.09. The molecular formula is C17H26N2O.